The Kier molecular flexibility index (Phi) is 8.95. The number of nitrogens with zero attached hydrogens (tertiary/aromatic N) is 1. The van der Waals surface area contributed by atoms with Gasteiger partial charge in [0.2, 0.25) is 11.8 Å². The predicted octanol–water partition coefficient (Wildman–Crippen LogP) is 5.52. The molecule has 1 N–H and O–H groups in total. The summed E-state index contributed by atoms with van der Waals surface area (Å²) >= 11 is 18.6. The summed E-state index contributed by atoms with van der Waals surface area (Å²) in [5.41, 5.74) is 0.589. The van der Waals surface area contributed by atoms with Crippen LogP contribution in [0.3, 0.4) is 0 Å². The van der Waals surface area contributed by atoms with E-state index in [-0.39, 0.29) is 35.4 Å². The number of hydrogen-bond acceptors (Lipinski definition) is 2. The van der Waals surface area contributed by atoms with E-state index < -0.39 is 17.8 Å². The third-order valence-corrected chi connectivity index (χ3v) is 5.69. The summed E-state index contributed by atoms with van der Waals surface area (Å²) < 4.78 is 14.2. The second kappa shape index (κ2) is 11.0. The lowest BCUT2D eigenvalue weighted by Crippen LogP contribution is -2.48. The average molecular weight is 474 g/mol. The Balaban J connectivity index is 2.34. The van der Waals surface area contributed by atoms with Crippen molar-refractivity contribution < 1.29 is 14.0 Å². The number of amides is 2. The fourth-order valence-electron chi connectivity index (χ4n) is 2.84. The summed E-state index contributed by atoms with van der Waals surface area (Å²) in [5.74, 6) is -1.12. The maximum atomic E-state index is 14.2. The molecule has 0 radical (unpaired) electrons. The van der Waals surface area contributed by atoms with Gasteiger partial charge in [-0.1, -0.05) is 60.8 Å². The van der Waals surface area contributed by atoms with Crippen molar-refractivity contribution >= 4 is 46.6 Å². The van der Waals surface area contributed by atoms with Crippen molar-refractivity contribution in [2.75, 3.05) is 6.54 Å². The highest BCUT2D eigenvalue weighted by Crippen LogP contribution is 2.27. The van der Waals surface area contributed by atoms with Gasteiger partial charge in [-0.3, -0.25) is 9.59 Å². The molecule has 0 aliphatic carbocycles. The second-order valence-corrected chi connectivity index (χ2v) is 8.64. The van der Waals surface area contributed by atoms with Crippen LogP contribution >= 0.6 is 34.8 Å². The first-order valence-electron chi connectivity index (χ1n) is 9.54. The molecule has 0 saturated carbocycles. The third-order valence-electron chi connectivity index (χ3n) is 4.63. The van der Waals surface area contributed by atoms with Gasteiger partial charge < -0.3 is 10.2 Å². The minimum absolute atomic E-state index is 0.000321. The second-order valence-electron chi connectivity index (χ2n) is 7.41. The molecule has 1 atom stereocenters. The number of carbonyl (C=O) groups is 2. The summed E-state index contributed by atoms with van der Waals surface area (Å²) in [7, 11) is 0. The molecule has 0 fully saturated rings. The molecule has 2 aromatic carbocycles. The number of carbonyl (C=O) groups excluding carboxylic acids is 2. The van der Waals surface area contributed by atoms with Crippen LogP contribution in [0.1, 0.15) is 31.9 Å². The Morgan fingerprint density at radius 3 is 2.03 bits per heavy atom. The Morgan fingerprint density at radius 1 is 0.967 bits per heavy atom. The standard InChI is InChI=1S/C22H24Cl3FN2O2/c1-13(2)11-27-22(30)14(3)28(12-16-18(24)6-4-7-19(16)25)21(29)10-15-17(23)8-5-9-20(15)26/h4-9,13-14H,10-12H2,1-3H3,(H,27,30)/t14-/m1/s1. The van der Waals surface area contributed by atoms with E-state index in [0.717, 1.165) is 0 Å². The monoisotopic (exact) mass is 472 g/mol. The van der Waals surface area contributed by atoms with Gasteiger partial charge in [0.25, 0.3) is 0 Å². The van der Waals surface area contributed by atoms with Crippen LogP contribution in [0.25, 0.3) is 0 Å². The fraction of sp³-hybridized carbons (Fsp3) is 0.364. The van der Waals surface area contributed by atoms with Crippen molar-refractivity contribution in [1.82, 2.24) is 10.2 Å². The average Bonchev–Trinajstić information content (AvgIpc) is 2.68. The van der Waals surface area contributed by atoms with Crippen molar-refractivity contribution in [3.05, 3.63) is 68.4 Å². The maximum Gasteiger partial charge on any atom is 0.242 e. The molecule has 30 heavy (non-hydrogen) atoms. The van der Waals surface area contributed by atoms with Crippen LogP contribution in [-0.4, -0.2) is 29.3 Å². The van der Waals surface area contributed by atoms with Crippen LogP contribution in [0.4, 0.5) is 4.39 Å². The Bertz CT molecular complexity index is 881. The fourth-order valence-corrected chi connectivity index (χ4v) is 3.59. The van der Waals surface area contributed by atoms with Crippen molar-refractivity contribution in [2.45, 2.75) is 39.8 Å². The predicted molar refractivity (Wildman–Crippen MR) is 119 cm³/mol. The van der Waals surface area contributed by atoms with E-state index in [1.165, 1.54) is 23.1 Å². The SMILES string of the molecule is CC(C)CNC(=O)[C@@H](C)N(Cc1c(Cl)cccc1Cl)C(=O)Cc1c(F)cccc1Cl. The Hall–Kier alpha value is -1.82. The van der Waals surface area contributed by atoms with Crippen molar-refractivity contribution in [3.63, 3.8) is 0 Å². The molecule has 2 rings (SSSR count). The molecule has 4 nitrogen and oxygen atoms in total. The molecule has 8 heteroatoms. The first-order valence-corrected chi connectivity index (χ1v) is 10.7. The molecule has 2 aromatic rings. The lowest BCUT2D eigenvalue weighted by molar-refractivity contribution is -0.140. The lowest BCUT2D eigenvalue weighted by Gasteiger charge is -2.30. The van der Waals surface area contributed by atoms with Crippen molar-refractivity contribution in [2.24, 2.45) is 5.92 Å². The largest absolute Gasteiger partial charge is 0.354 e. The van der Waals surface area contributed by atoms with E-state index in [4.69, 9.17) is 34.8 Å². The topological polar surface area (TPSA) is 49.4 Å². The minimum Gasteiger partial charge on any atom is -0.354 e. The summed E-state index contributed by atoms with van der Waals surface area (Å²) in [6, 6.07) is 8.40. The maximum absolute atomic E-state index is 14.2. The van der Waals surface area contributed by atoms with Crippen LogP contribution < -0.4 is 5.32 Å². The van der Waals surface area contributed by atoms with Gasteiger partial charge in [-0.15, -0.1) is 0 Å². The lowest BCUT2D eigenvalue weighted by atomic mass is 10.1. The van der Waals surface area contributed by atoms with Gasteiger partial charge in [-0.2, -0.15) is 0 Å². The van der Waals surface area contributed by atoms with E-state index in [1.807, 2.05) is 13.8 Å². The molecule has 162 valence electrons. The first kappa shape index (κ1) is 24.4. The molecule has 0 bridgehead atoms. The quantitative estimate of drug-likeness (QED) is 0.549. The van der Waals surface area contributed by atoms with E-state index >= 15 is 0 Å². The highest BCUT2D eigenvalue weighted by atomic mass is 35.5. The van der Waals surface area contributed by atoms with Gasteiger partial charge in [-0.05, 0) is 37.1 Å². The molecule has 0 spiro atoms. The van der Waals surface area contributed by atoms with E-state index in [2.05, 4.69) is 5.32 Å². The minimum atomic E-state index is -0.825. The highest BCUT2D eigenvalue weighted by molar-refractivity contribution is 6.36. The normalized spacial score (nSPS) is 12.0. The molecule has 2 amide bonds. The summed E-state index contributed by atoms with van der Waals surface area (Å²) in [6.45, 7) is 6.02. The molecular formula is C22H24Cl3FN2O2. The van der Waals surface area contributed by atoms with Crippen LogP contribution in [0, 0.1) is 11.7 Å². The third kappa shape index (κ3) is 6.34. The smallest absolute Gasteiger partial charge is 0.242 e. The molecular weight excluding hydrogens is 450 g/mol. The molecule has 0 saturated heterocycles. The number of nitrogens with one attached hydrogen (secondary N) is 1. The Labute approximate surface area is 191 Å². The Morgan fingerprint density at radius 2 is 1.50 bits per heavy atom. The first-order chi connectivity index (χ1) is 14.1. The molecule has 0 unspecified atom stereocenters. The number of benzene rings is 2. The van der Waals surface area contributed by atoms with Gasteiger partial charge in [0.1, 0.15) is 11.9 Å². The van der Waals surface area contributed by atoms with Crippen LogP contribution in [0.15, 0.2) is 36.4 Å². The van der Waals surface area contributed by atoms with Crippen molar-refractivity contribution in [3.8, 4) is 0 Å². The summed E-state index contributed by atoms with van der Waals surface area (Å²) in [4.78, 5) is 27.2. The van der Waals surface area contributed by atoms with Gasteiger partial charge >= 0.3 is 0 Å². The van der Waals surface area contributed by atoms with Gasteiger partial charge in [0.05, 0.1) is 6.42 Å². The van der Waals surface area contributed by atoms with Gasteiger partial charge in [-0.25, -0.2) is 4.39 Å². The van der Waals surface area contributed by atoms with Gasteiger partial charge in [0.15, 0.2) is 0 Å². The number of hydrogen-bond donors (Lipinski definition) is 1. The van der Waals surface area contributed by atoms with Crippen LogP contribution in [-0.2, 0) is 22.6 Å². The molecule has 0 heterocycles. The number of halogens is 4. The number of rotatable bonds is 8. The van der Waals surface area contributed by atoms with E-state index in [9.17, 15) is 14.0 Å². The summed E-state index contributed by atoms with van der Waals surface area (Å²) in [6.07, 6.45) is -0.296. The van der Waals surface area contributed by atoms with Crippen LogP contribution in [0.2, 0.25) is 15.1 Å². The zero-order chi connectivity index (χ0) is 22.4. The van der Waals surface area contributed by atoms with E-state index in [1.54, 1.807) is 25.1 Å². The molecule has 0 aromatic heterocycles. The van der Waals surface area contributed by atoms with Crippen molar-refractivity contribution in [1.29, 1.82) is 0 Å². The van der Waals surface area contributed by atoms with Gasteiger partial charge in [0, 0.05) is 39.3 Å². The van der Waals surface area contributed by atoms with E-state index in [0.29, 0.717) is 22.2 Å². The zero-order valence-electron chi connectivity index (χ0n) is 17.0. The molecule has 0 aliphatic rings. The summed E-state index contributed by atoms with van der Waals surface area (Å²) in [5, 5.41) is 3.72. The highest BCUT2D eigenvalue weighted by Gasteiger charge is 2.28. The van der Waals surface area contributed by atoms with Crippen LogP contribution in [0.5, 0.6) is 0 Å². The molecule has 0 aliphatic heterocycles. The zero-order valence-corrected chi connectivity index (χ0v) is 19.3.